The largest absolute Gasteiger partial charge is 0.424 e. The molecule has 0 spiro atoms. The first-order valence-corrected chi connectivity index (χ1v) is 7.91. The van der Waals surface area contributed by atoms with E-state index >= 15 is 0 Å². The van der Waals surface area contributed by atoms with E-state index in [-0.39, 0.29) is 21.9 Å². The first-order valence-electron chi connectivity index (χ1n) is 5.09. The number of hydrogen-bond acceptors (Lipinski definition) is 8. The molecule has 0 saturated carbocycles. The van der Waals surface area contributed by atoms with Crippen LogP contribution in [0.15, 0.2) is 34.6 Å². The van der Waals surface area contributed by atoms with Gasteiger partial charge in [0.05, 0.1) is 17.4 Å². The molecule has 0 aromatic carbocycles. The maximum absolute atomic E-state index is 11.7. The van der Waals surface area contributed by atoms with Gasteiger partial charge in [0.25, 0.3) is 8.87 Å². The Morgan fingerprint density at radius 2 is 2.32 bits per heavy atom. The number of carbonyl (C=O) groups excluding carboxylic acids is 1. The van der Waals surface area contributed by atoms with E-state index in [1.54, 1.807) is 6.07 Å². The summed E-state index contributed by atoms with van der Waals surface area (Å²) in [7, 11) is -3.55. The van der Waals surface area contributed by atoms with Crippen molar-refractivity contribution in [2.45, 2.75) is 11.4 Å². The summed E-state index contributed by atoms with van der Waals surface area (Å²) in [5, 5.41) is 3.29. The van der Waals surface area contributed by atoms with Gasteiger partial charge >= 0.3 is 6.09 Å². The highest BCUT2D eigenvalue weighted by molar-refractivity contribution is 8.71. The second kappa shape index (κ2) is 5.89. The summed E-state index contributed by atoms with van der Waals surface area (Å²) in [6.45, 7) is 0.335. The molecule has 1 aromatic heterocycles. The molecule has 1 aromatic rings. The molecule has 0 fully saturated rings. The van der Waals surface area contributed by atoms with Crippen molar-refractivity contribution >= 4 is 31.8 Å². The molecule has 0 saturated heterocycles. The predicted molar refractivity (Wildman–Crippen MR) is 66.6 cm³/mol. The molecule has 0 atom stereocenters. The number of pyridine rings is 1. The van der Waals surface area contributed by atoms with Crippen molar-refractivity contribution in [2.24, 2.45) is 5.16 Å². The summed E-state index contributed by atoms with van der Waals surface area (Å²) < 4.78 is 30.2. The van der Waals surface area contributed by atoms with Gasteiger partial charge in [-0.25, -0.2) is 18.2 Å². The minimum absolute atomic E-state index is 0.105. The molecule has 8 nitrogen and oxygen atoms in total. The summed E-state index contributed by atoms with van der Waals surface area (Å²) in [4.78, 5) is 19.6. The van der Waals surface area contributed by atoms with Crippen LogP contribution in [-0.4, -0.2) is 32.0 Å². The summed E-state index contributed by atoms with van der Waals surface area (Å²) in [5.41, 5.74) is 0. The van der Waals surface area contributed by atoms with E-state index in [1.165, 1.54) is 18.3 Å². The van der Waals surface area contributed by atoms with Gasteiger partial charge in [-0.15, -0.1) is 0 Å². The van der Waals surface area contributed by atoms with Gasteiger partial charge in [0.15, 0.2) is 5.03 Å². The Morgan fingerprint density at radius 3 is 2.95 bits per heavy atom. The Hall–Kier alpha value is -1.81. The SMILES string of the molecule is O=C(NSS(=O)(=O)c1ccccn1)OC1=NOCC1. The van der Waals surface area contributed by atoms with Gasteiger partial charge in [0, 0.05) is 6.20 Å². The van der Waals surface area contributed by atoms with E-state index in [0.717, 1.165) is 0 Å². The lowest BCUT2D eigenvalue weighted by Crippen LogP contribution is -2.22. The number of amides is 1. The second-order valence-electron chi connectivity index (χ2n) is 3.27. The molecule has 0 bridgehead atoms. The van der Waals surface area contributed by atoms with Gasteiger partial charge in [-0.1, -0.05) is 11.2 Å². The van der Waals surface area contributed by atoms with Crippen molar-refractivity contribution in [3.8, 4) is 0 Å². The van der Waals surface area contributed by atoms with Gasteiger partial charge in [0.1, 0.15) is 6.61 Å². The monoisotopic (exact) mass is 303 g/mol. The number of carbonyl (C=O) groups is 1. The Morgan fingerprint density at radius 1 is 1.47 bits per heavy atom. The molecule has 1 N–H and O–H groups in total. The molecular weight excluding hydrogens is 294 g/mol. The highest BCUT2D eigenvalue weighted by Crippen LogP contribution is 2.18. The van der Waals surface area contributed by atoms with Gasteiger partial charge in [0.2, 0.25) is 5.90 Å². The predicted octanol–water partition coefficient (Wildman–Crippen LogP) is 0.879. The molecule has 102 valence electrons. The van der Waals surface area contributed by atoms with Crippen LogP contribution in [0.2, 0.25) is 0 Å². The van der Waals surface area contributed by atoms with Gasteiger partial charge in [-0.3, -0.25) is 4.72 Å². The summed E-state index contributed by atoms with van der Waals surface area (Å²) in [6, 6.07) is 4.44. The van der Waals surface area contributed by atoms with Crippen LogP contribution >= 0.6 is 11.0 Å². The van der Waals surface area contributed by atoms with Crippen LogP contribution in [0.5, 0.6) is 0 Å². The van der Waals surface area contributed by atoms with Crippen LogP contribution in [0, 0.1) is 0 Å². The highest BCUT2D eigenvalue weighted by atomic mass is 33.1. The average molecular weight is 303 g/mol. The first-order chi connectivity index (χ1) is 9.08. The lowest BCUT2D eigenvalue weighted by Gasteiger charge is -2.04. The Labute approximate surface area is 112 Å². The maximum Gasteiger partial charge on any atom is 0.424 e. The maximum atomic E-state index is 11.7. The van der Waals surface area contributed by atoms with E-state index in [1.807, 2.05) is 4.72 Å². The van der Waals surface area contributed by atoms with Crippen molar-refractivity contribution in [1.29, 1.82) is 0 Å². The van der Waals surface area contributed by atoms with E-state index in [9.17, 15) is 13.2 Å². The Balaban J connectivity index is 1.89. The van der Waals surface area contributed by atoms with Crippen molar-refractivity contribution < 1.29 is 22.8 Å². The van der Waals surface area contributed by atoms with Crippen LogP contribution in [0.1, 0.15) is 6.42 Å². The molecule has 0 aliphatic carbocycles. The van der Waals surface area contributed by atoms with E-state index in [2.05, 4.69) is 15.0 Å². The van der Waals surface area contributed by atoms with Crippen LogP contribution < -0.4 is 4.72 Å². The zero-order valence-corrected chi connectivity index (χ0v) is 11.1. The number of nitrogens with zero attached hydrogens (tertiary/aromatic N) is 2. The minimum Gasteiger partial charge on any atom is -0.393 e. The van der Waals surface area contributed by atoms with Crippen molar-refractivity contribution in [2.75, 3.05) is 6.61 Å². The molecule has 2 heterocycles. The van der Waals surface area contributed by atoms with Crippen molar-refractivity contribution in [3.05, 3.63) is 24.4 Å². The van der Waals surface area contributed by atoms with Gasteiger partial charge < -0.3 is 9.57 Å². The van der Waals surface area contributed by atoms with E-state index in [4.69, 9.17) is 4.74 Å². The molecule has 2 rings (SSSR count). The number of oxime groups is 1. The minimum atomic E-state index is -3.77. The van der Waals surface area contributed by atoms with Crippen LogP contribution in [0.4, 0.5) is 4.79 Å². The van der Waals surface area contributed by atoms with Crippen LogP contribution in [0.25, 0.3) is 0 Å². The van der Waals surface area contributed by atoms with Crippen LogP contribution in [-0.2, 0) is 18.4 Å². The summed E-state index contributed by atoms with van der Waals surface area (Å²) in [5.74, 6) is 0.105. The average Bonchev–Trinajstić information content (AvgIpc) is 2.90. The molecule has 1 aliphatic rings. The fourth-order valence-corrected chi connectivity index (χ4v) is 2.95. The first kappa shape index (κ1) is 13.6. The fraction of sp³-hybridized carbons (Fsp3) is 0.222. The van der Waals surface area contributed by atoms with Crippen LogP contribution in [0.3, 0.4) is 0 Å². The molecule has 19 heavy (non-hydrogen) atoms. The third-order valence-corrected chi connectivity index (χ3v) is 4.56. The molecule has 10 heteroatoms. The molecule has 1 amide bonds. The highest BCUT2D eigenvalue weighted by Gasteiger charge is 2.20. The van der Waals surface area contributed by atoms with E-state index in [0.29, 0.717) is 13.0 Å². The Bertz CT molecular complexity index is 587. The lowest BCUT2D eigenvalue weighted by atomic mass is 10.5. The third-order valence-electron chi connectivity index (χ3n) is 1.91. The zero-order chi connectivity index (χ0) is 13.7. The van der Waals surface area contributed by atoms with Crippen molar-refractivity contribution in [1.82, 2.24) is 9.71 Å². The van der Waals surface area contributed by atoms with E-state index < -0.39 is 15.0 Å². The topological polar surface area (TPSA) is 107 Å². The summed E-state index contributed by atoms with van der Waals surface area (Å²) in [6.07, 6.45) is 0.773. The number of nitrogens with one attached hydrogen (secondary N) is 1. The van der Waals surface area contributed by atoms with Gasteiger partial charge in [-0.2, -0.15) is 0 Å². The number of aromatic nitrogens is 1. The number of ether oxygens (including phenoxy) is 1. The molecule has 0 unspecified atom stereocenters. The number of hydrogen-bond donors (Lipinski definition) is 1. The van der Waals surface area contributed by atoms with Gasteiger partial charge in [-0.05, 0) is 12.1 Å². The second-order valence-corrected chi connectivity index (χ2v) is 6.78. The third kappa shape index (κ3) is 3.83. The number of rotatable bonds is 3. The normalized spacial score (nSPS) is 14.4. The summed E-state index contributed by atoms with van der Waals surface area (Å²) >= 11 is 0. The Kier molecular flexibility index (Phi) is 4.22. The lowest BCUT2D eigenvalue weighted by molar-refractivity contribution is 0.171. The quantitative estimate of drug-likeness (QED) is 0.652. The zero-order valence-electron chi connectivity index (χ0n) is 9.48. The smallest absolute Gasteiger partial charge is 0.393 e. The molecule has 0 radical (unpaired) electrons. The molecule has 1 aliphatic heterocycles. The fourth-order valence-electron chi connectivity index (χ4n) is 1.12. The standard InChI is InChI=1S/C9H9N3O5S2/c13-9(17-7-4-6-16-11-7)12-18-19(14,15)8-3-1-2-5-10-8/h1-3,5H,4,6H2,(H,12,13). The molecular formula is C9H9N3O5S2. The van der Waals surface area contributed by atoms with Crippen molar-refractivity contribution in [3.63, 3.8) is 0 Å².